The molecule has 0 radical (unpaired) electrons. The average Bonchev–Trinajstić information content (AvgIpc) is 2.82. The number of hydrogen-bond acceptors (Lipinski definition) is 3. The zero-order valence-corrected chi connectivity index (χ0v) is 12.1. The molecule has 0 aliphatic carbocycles. The Morgan fingerprint density at radius 2 is 2.17 bits per heavy atom. The lowest BCUT2D eigenvalue weighted by molar-refractivity contribution is 0.574. The topological polar surface area (TPSA) is 12.0 Å². The molecule has 0 saturated carbocycles. The molecular weight excluding hydrogens is 265 g/mol. The molecule has 2 aromatic rings. The Morgan fingerprint density at radius 3 is 2.78 bits per heavy atom. The van der Waals surface area contributed by atoms with Gasteiger partial charge in [0, 0.05) is 17.5 Å². The molecule has 0 atom stereocenters. The van der Waals surface area contributed by atoms with E-state index in [-0.39, 0.29) is 5.82 Å². The van der Waals surface area contributed by atoms with Gasteiger partial charge in [-0.15, -0.1) is 11.3 Å². The molecule has 2 rings (SSSR count). The summed E-state index contributed by atoms with van der Waals surface area (Å²) in [5, 5.41) is 5.28. The minimum absolute atomic E-state index is 0.142. The molecule has 1 nitrogen and oxygen atoms in total. The van der Waals surface area contributed by atoms with Crippen LogP contribution < -0.4 is 5.32 Å². The van der Waals surface area contributed by atoms with Gasteiger partial charge in [-0.05, 0) is 29.1 Å². The highest BCUT2D eigenvalue weighted by molar-refractivity contribution is 8.01. The fourth-order valence-corrected chi connectivity index (χ4v) is 3.22. The van der Waals surface area contributed by atoms with Crippen molar-refractivity contribution in [1.82, 2.24) is 5.32 Å². The van der Waals surface area contributed by atoms with Crippen molar-refractivity contribution in [3.63, 3.8) is 0 Å². The average molecular weight is 281 g/mol. The van der Waals surface area contributed by atoms with Gasteiger partial charge < -0.3 is 5.32 Å². The molecule has 18 heavy (non-hydrogen) atoms. The molecule has 96 valence electrons. The fourth-order valence-electron chi connectivity index (χ4n) is 1.49. The molecule has 4 heteroatoms. The normalized spacial score (nSPS) is 11.1. The second kappa shape index (κ2) is 6.36. The molecule has 0 amide bonds. The number of rotatable bonds is 5. The quantitative estimate of drug-likeness (QED) is 0.863. The highest BCUT2D eigenvalue weighted by Gasteiger charge is 2.06. The van der Waals surface area contributed by atoms with Gasteiger partial charge in [0.2, 0.25) is 0 Å². The van der Waals surface area contributed by atoms with Crippen molar-refractivity contribution >= 4 is 23.1 Å². The third-order valence-corrected chi connectivity index (χ3v) is 4.50. The van der Waals surface area contributed by atoms with Gasteiger partial charge in [0.25, 0.3) is 0 Å². The van der Waals surface area contributed by atoms with E-state index in [2.05, 4.69) is 19.2 Å². The van der Waals surface area contributed by atoms with E-state index in [0.717, 1.165) is 9.77 Å². The Labute approximate surface area is 115 Å². The van der Waals surface area contributed by atoms with Crippen LogP contribution >= 0.6 is 23.1 Å². The van der Waals surface area contributed by atoms with E-state index < -0.39 is 0 Å². The second-order valence-corrected chi connectivity index (χ2v) is 6.62. The molecule has 1 aromatic heterocycles. The number of benzene rings is 1. The lowest BCUT2D eigenvalue weighted by Crippen LogP contribution is -2.21. The van der Waals surface area contributed by atoms with Gasteiger partial charge in [-0.1, -0.05) is 37.7 Å². The molecule has 0 aliphatic rings. The lowest BCUT2D eigenvalue weighted by Gasteiger charge is -2.09. The monoisotopic (exact) mass is 281 g/mol. The van der Waals surface area contributed by atoms with E-state index in [9.17, 15) is 4.39 Å². The summed E-state index contributed by atoms with van der Waals surface area (Å²) in [5.41, 5.74) is 0.983. The lowest BCUT2D eigenvalue weighted by atomic mass is 10.2. The molecule has 0 spiro atoms. The zero-order valence-electron chi connectivity index (χ0n) is 10.4. The van der Waals surface area contributed by atoms with Crippen molar-refractivity contribution in [2.75, 3.05) is 0 Å². The Morgan fingerprint density at radius 1 is 1.33 bits per heavy atom. The van der Waals surface area contributed by atoms with Crippen LogP contribution in [0.3, 0.4) is 0 Å². The molecule has 1 N–H and O–H groups in total. The summed E-state index contributed by atoms with van der Waals surface area (Å²) in [6.07, 6.45) is 0. The first-order valence-corrected chi connectivity index (χ1v) is 7.58. The summed E-state index contributed by atoms with van der Waals surface area (Å²) < 4.78 is 15.0. The Hall–Kier alpha value is -0.840. The molecule has 0 saturated heterocycles. The highest BCUT2D eigenvalue weighted by Crippen LogP contribution is 2.33. The van der Waals surface area contributed by atoms with E-state index in [4.69, 9.17) is 0 Å². The SMILES string of the molecule is CC(C)NCc1ccc(Sc2cccs2)c(F)c1. The first kappa shape index (κ1) is 13.6. The van der Waals surface area contributed by atoms with E-state index >= 15 is 0 Å². The van der Waals surface area contributed by atoms with E-state index in [1.807, 2.05) is 29.6 Å². The molecular formula is C14H16FNS2. The maximum Gasteiger partial charge on any atom is 0.137 e. The van der Waals surface area contributed by atoms with E-state index in [1.165, 1.54) is 11.8 Å². The zero-order chi connectivity index (χ0) is 13.0. The van der Waals surface area contributed by atoms with Gasteiger partial charge in [-0.25, -0.2) is 4.39 Å². The van der Waals surface area contributed by atoms with Crippen LogP contribution in [0, 0.1) is 5.82 Å². The largest absolute Gasteiger partial charge is 0.310 e. The number of hydrogen-bond donors (Lipinski definition) is 1. The molecule has 1 aromatic carbocycles. The Balaban J connectivity index is 2.05. The first-order chi connectivity index (χ1) is 8.65. The van der Waals surface area contributed by atoms with Crippen LogP contribution in [-0.2, 0) is 6.54 Å². The summed E-state index contributed by atoms with van der Waals surface area (Å²) in [7, 11) is 0. The van der Waals surface area contributed by atoms with Crippen LogP contribution in [0.4, 0.5) is 4.39 Å². The first-order valence-electron chi connectivity index (χ1n) is 5.88. The summed E-state index contributed by atoms with van der Waals surface area (Å²) >= 11 is 3.11. The summed E-state index contributed by atoms with van der Waals surface area (Å²) in [6, 6.07) is 9.85. The summed E-state index contributed by atoms with van der Waals surface area (Å²) in [4.78, 5) is 0.686. The van der Waals surface area contributed by atoms with Crippen LogP contribution in [-0.4, -0.2) is 6.04 Å². The van der Waals surface area contributed by atoms with Crippen LogP contribution in [0.15, 0.2) is 44.8 Å². The fraction of sp³-hybridized carbons (Fsp3) is 0.286. The minimum atomic E-state index is -0.142. The smallest absolute Gasteiger partial charge is 0.137 e. The highest BCUT2D eigenvalue weighted by atomic mass is 32.2. The third kappa shape index (κ3) is 3.83. The van der Waals surface area contributed by atoms with Gasteiger partial charge in [0.15, 0.2) is 0 Å². The minimum Gasteiger partial charge on any atom is -0.310 e. The van der Waals surface area contributed by atoms with Gasteiger partial charge in [0.05, 0.1) is 4.21 Å². The van der Waals surface area contributed by atoms with Gasteiger partial charge >= 0.3 is 0 Å². The van der Waals surface area contributed by atoms with Crippen molar-refractivity contribution in [2.24, 2.45) is 0 Å². The number of thiophene rings is 1. The van der Waals surface area contributed by atoms with Crippen LogP contribution in [0.25, 0.3) is 0 Å². The van der Waals surface area contributed by atoms with E-state index in [0.29, 0.717) is 17.5 Å². The third-order valence-electron chi connectivity index (χ3n) is 2.42. The standard InChI is InChI=1S/C14H16FNS2/c1-10(2)16-9-11-5-6-13(12(15)8-11)18-14-4-3-7-17-14/h3-8,10,16H,9H2,1-2H3. The number of halogens is 1. The Bertz CT molecular complexity index is 495. The van der Waals surface area contributed by atoms with Crippen molar-refractivity contribution in [3.05, 3.63) is 47.1 Å². The summed E-state index contributed by atoms with van der Waals surface area (Å²) in [6.45, 7) is 4.87. The van der Waals surface area contributed by atoms with Crippen molar-refractivity contribution in [1.29, 1.82) is 0 Å². The number of nitrogens with one attached hydrogen (secondary N) is 1. The van der Waals surface area contributed by atoms with Gasteiger partial charge in [-0.3, -0.25) is 0 Å². The predicted molar refractivity (Wildman–Crippen MR) is 76.8 cm³/mol. The molecule has 0 aliphatic heterocycles. The molecule has 1 heterocycles. The van der Waals surface area contributed by atoms with Gasteiger partial charge in [-0.2, -0.15) is 0 Å². The van der Waals surface area contributed by atoms with Crippen molar-refractivity contribution < 1.29 is 4.39 Å². The van der Waals surface area contributed by atoms with Crippen LogP contribution in [0.1, 0.15) is 19.4 Å². The molecule has 0 unspecified atom stereocenters. The predicted octanol–water partition coefficient (Wildman–Crippen LogP) is 4.54. The maximum atomic E-state index is 13.9. The Kier molecular flexibility index (Phi) is 4.80. The van der Waals surface area contributed by atoms with Crippen molar-refractivity contribution in [2.45, 2.75) is 35.5 Å². The molecule has 0 fully saturated rings. The van der Waals surface area contributed by atoms with E-state index in [1.54, 1.807) is 17.4 Å². The van der Waals surface area contributed by atoms with Crippen LogP contribution in [0.2, 0.25) is 0 Å². The van der Waals surface area contributed by atoms with Gasteiger partial charge in [0.1, 0.15) is 5.82 Å². The maximum absolute atomic E-state index is 13.9. The van der Waals surface area contributed by atoms with Crippen LogP contribution in [0.5, 0.6) is 0 Å². The molecule has 0 bridgehead atoms. The summed E-state index contributed by atoms with van der Waals surface area (Å²) in [5.74, 6) is -0.142. The van der Waals surface area contributed by atoms with Crippen molar-refractivity contribution in [3.8, 4) is 0 Å². The second-order valence-electron chi connectivity index (χ2n) is 4.33.